The van der Waals surface area contributed by atoms with Crippen molar-refractivity contribution in [2.24, 2.45) is 0 Å². The van der Waals surface area contributed by atoms with Crippen molar-refractivity contribution in [2.45, 2.75) is 0 Å². The molecular weight excluding hydrogens is 665 g/mol. The van der Waals surface area contributed by atoms with E-state index < -0.39 is 0 Å². The van der Waals surface area contributed by atoms with Gasteiger partial charge in [-0.15, -0.1) is 0 Å². The average molecular weight is 697 g/mol. The molecule has 0 radical (unpaired) electrons. The Balaban J connectivity index is 1.17. The lowest BCUT2D eigenvalue weighted by Crippen LogP contribution is -1.93. The third-order valence-corrected chi connectivity index (χ3v) is 11.8. The minimum atomic E-state index is 0.911. The first-order valence-electron chi connectivity index (χ1n) is 19.0. The molecule has 0 saturated carbocycles. The largest absolute Gasteiger partial charge is 0.456 e. The van der Waals surface area contributed by atoms with Gasteiger partial charge in [0, 0.05) is 10.8 Å². The van der Waals surface area contributed by atoms with Crippen molar-refractivity contribution in [1.29, 1.82) is 0 Å². The molecule has 0 aliphatic carbocycles. The maximum atomic E-state index is 6.37. The Hall–Kier alpha value is -7.22. The molecule has 11 aromatic carbocycles. The molecule has 12 aromatic rings. The van der Waals surface area contributed by atoms with Crippen LogP contribution in [0.4, 0.5) is 0 Å². The standard InChI is InChI=1S/C54H32O/c1-2-14-34-29-36(26-25-33(34)13-1)53-43-20-7-9-22-45(43)54(46-23-10-8-21-44(46)53)50-32-49-38-16-4-3-15-37(38)47(31-48(49)39-17-5-6-18-40(39)50)35-27-28-42-41-19-11-12-24-51(41)55-52(42)30-35/h1-32H. The van der Waals surface area contributed by atoms with Gasteiger partial charge in [0.05, 0.1) is 0 Å². The number of furan rings is 1. The van der Waals surface area contributed by atoms with Gasteiger partial charge in [0.25, 0.3) is 0 Å². The molecule has 0 fully saturated rings. The molecule has 0 bridgehead atoms. The predicted octanol–water partition coefficient (Wildman–Crippen LogP) is 15.5. The van der Waals surface area contributed by atoms with Gasteiger partial charge < -0.3 is 4.42 Å². The summed E-state index contributed by atoms with van der Waals surface area (Å²) in [6.07, 6.45) is 0. The van der Waals surface area contributed by atoms with Crippen molar-refractivity contribution in [1.82, 2.24) is 0 Å². The zero-order valence-electron chi connectivity index (χ0n) is 29.9. The fourth-order valence-corrected chi connectivity index (χ4v) is 9.36. The molecule has 0 unspecified atom stereocenters. The van der Waals surface area contributed by atoms with Crippen molar-refractivity contribution in [2.75, 3.05) is 0 Å². The van der Waals surface area contributed by atoms with Crippen LogP contribution in [0.15, 0.2) is 199 Å². The molecule has 1 aromatic heterocycles. The molecule has 0 saturated heterocycles. The number of hydrogen-bond donors (Lipinski definition) is 0. The Morgan fingerprint density at radius 2 is 0.709 bits per heavy atom. The van der Waals surface area contributed by atoms with Crippen LogP contribution >= 0.6 is 0 Å². The molecule has 0 N–H and O–H groups in total. The lowest BCUT2D eigenvalue weighted by molar-refractivity contribution is 0.669. The van der Waals surface area contributed by atoms with Gasteiger partial charge in [0.2, 0.25) is 0 Å². The van der Waals surface area contributed by atoms with Gasteiger partial charge in [-0.1, -0.05) is 158 Å². The highest BCUT2D eigenvalue weighted by Gasteiger charge is 2.21. The molecule has 254 valence electrons. The SMILES string of the molecule is c1ccc2cc(-c3c4ccccc4c(-c4cc5c6ccccc6c(-c6ccc7c(c6)oc6ccccc67)cc5c5ccccc45)c4ccccc34)ccc2c1. The topological polar surface area (TPSA) is 13.1 Å². The van der Waals surface area contributed by atoms with Crippen molar-refractivity contribution >= 4 is 86.6 Å². The summed E-state index contributed by atoms with van der Waals surface area (Å²) >= 11 is 0. The van der Waals surface area contributed by atoms with Gasteiger partial charge in [-0.25, -0.2) is 0 Å². The van der Waals surface area contributed by atoms with Gasteiger partial charge in [-0.2, -0.15) is 0 Å². The second-order valence-electron chi connectivity index (χ2n) is 14.7. The summed E-state index contributed by atoms with van der Waals surface area (Å²) in [6.45, 7) is 0. The molecule has 1 nitrogen and oxygen atoms in total. The summed E-state index contributed by atoms with van der Waals surface area (Å²) in [6, 6.07) is 71.2. The number of fused-ring (bicyclic) bond motifs is 11. The highest BCUT2D eigenvalue weighted by molar-refractivity contribution is 6.29. The van der Waals surface area contributed by atoms with Crippen LogP contribution in [0.25, 0.3) is 120 Å². The van der Waals surface area contributed by atoms with E-state index in [1.165, 1.54) is 92.5 Å². The fraction of sp³-hybridized carbons (Fsp3) is 0. The molecule has 12 rings (SSSR count). The Bertz CT molecular complexity index is 3490. The summed E-state index contributed by atoms with van der Waals surface area (Å²) < 4.78 is 6.37. The van der Waals surface area contributed by atoms with E-state index in [0.717, 1.165) is 27.5 Å². The van der Waals surface area contributed by atoms with Gasteiger partial charge in [0.15, 0.2) is 0 Å². The second-order valence-corrected chi connectivity index (χ2v) is 14.7. The van der Waals surface area contributed by atoms with Crippen LogP contribution in [0, 0.1) is 0 Å². The third-order valence-electron chi connectivity index (χ3n) is 11.8. The molecule has 0 amide bonds. The van der Waals surface area contributed by atoms with Crippen LogP contribution in [0.1, 0.15) is 0 Å². The summed E-state index contributed by atoms with van der Waals surface area (Å²) in [4.78, 5) is 0. The Kier molecular flexibility index (Phi) is 6.40. The second kappa shape index (κ2) is 11.6. The quantitative estimate of drug-likeness (QED) is 0.132. The molecule has 0 spiro atoms. The van der Waals surface area contributed by atoms with E-state index in [4.69, 9.17) is 4.42 Å². The van der Waals surface area contributed by atoms with Gasteiger partial charge in [-0.3, -0.25) is 0 Å². The summed E-state index contributed by atoms with van der Waals surface area (Å²) in [5.41, 5.74) is 9.23. The van der Waals surface area contributed by atoms with Gasteiger partial charge >= 0.3 is 0 Å². The first-order valence-corrected chi connectivity index (χ1v) is 19.0. The van der Waals surface area contributed by atoms with Crippen molar-refractivity contribution in [3.05, 3.63) is 194 Å². The Morgan fingerprint density at radius 3 is 1.38 bits per heavy atom. The van der Waals surface area contributed by atoms with E-state index in [1.54, 1.807) is 0 Å². The Labute approximate surface area is 317 Å². The highest BCUT2D eigenvalue weighted by atomic mass is 16.3. The maximum absolute atomic E-state index is 6.37. The van der Waals surface area contributed by atoms with E-state index in [1.807, 2.05) is 12.1 Å². The first kappa shape index (κ1) is 30.3. The minimum Gasteiger partial charge on any atom is -0.456 e. The molecule has 0 atom stereocenters. The smallest absolute Gasteiger partial charge is 0.136 e. The van der Waals surface area contributed by atoms with Gasteiger partial charge in [-0.05, 0) is 134 Å². The maximum Gasteiger partial charge on any atom is 0.136 e. The zero-order valence-corrected chi connectivity index (χ0v) is 29.9. The number of rotatable bonds is 3. The van der Waals surface area contributed by atoms with Crippen LogP contribution in [-0.4, -0.2) is 0 Å². The normalized spacial score (nSPS) is 12.0. The number of benzene rings is 11. The molecule has 1 heterocycles. The van der Waals surface area contributed by atoms with E-state index >= 15 is 0 Å². The monoisotopic (exact) mass is 696 g/mol. The fourth-order valence-electron chi connectivity index (χ4n) is 9.36. The van der Waals surface area contributed by atoms with Crippen molar-refractivity contribution in [3.8, 4) is 33.4 Å². The van der Waals surface area contributed by atoms with Crippen molar-refractivity contribution < 1.29 is 4.42 Å². The highest BCUT2D eigenvalue weighted by Crippen LogP contribution is 2.48. The van der Waals surface area contributed by atoms with Gasteiger partial charge in [0.1, 0.15) is 11.2 Å². The zero-order chi connectivity index (χ0) is 36.0. The molecule has 1 heteroatoms. The van der Waals surface area contributed by atoms with Crippen molar-refractivity contribution in [3.63, 3.8) is 0 Å². The lowest BCUT2D eigenvalue weighted by atomic mass is 9.82. The summed E-state index contributed by atoms with van der Waals surface area (Å²) in [5.74, 6) is 0. The minimum absolute atomic E-state index is 0.911. The molecular formula is C54H32O. The van der Waals surface area contributed by atoms with E-state index in [9.17, 15) is 0 Å². The van der Waals surface area contributed by atoms with Crippen LogP contribution in [0.3, 0.4) is 0 Å². The van der Waals surface area contributed by atoms with Crippen LogP contribution < -0.4 is 0 Å². The summed E-state index contributed by atoms with van der Waals surface area (Å²) in [7, 11) is 0. The number of hydrogen-bond acceptors (Lipinski definition) is 1. The van der Waals surface area contributed by atoms with E-state index in [0.29, 0.717) is 0 Å². The Morgan fingerprint density at radius 1 is 0.236 bits per heavy atom. The van der Waals surface area contributed by atoms with E-state index in [-0.39, 0.29) is 0 Å². The van der Waals surface area contributed by atoms with E-state index in [2.05, 4.69) is 182 Å². The number of para-hydroxylation sites is 1. The molecule has 0 aliphatic heterocycles. The van der Waals surface area contributed by atoms with Crippen LogP contribution in [0.5, 0.6) is 0 Å². The van der Waals surface area contributed by atoms with Crippen LogP contribution in [-0.2, 0) is 0 Å². The molecule has 55 heavy (non-hydrogen) atoms. The third kappa shape index (κ3) is 4.48. The van der Waals surface area contributed by atoms with Crippen LogP contribution in [0.2, 0.25) is 0 Å². The molecule has 0 aliphatic rings. The average Bonchev–Trinajstić information content (AvgIpc) is 3.63. The predicted molar refractivity (Wildman–Crippen MR) is 235 cm³/mol. The lowest BCUT2D eigenvalue weighted by Gasteiger charge is -2.20. The summed E-state index contributed by atoms with van der Waals surface area (Å²) in [5, 5.41) is 17.3. The first-order chi connectivity index (χ1) is 27.3.